The molecule has 0 spiro atoms. The van der Waals surface area contributed by atoms with Crippen molar-refractivity contribution in [3.8, 4) is 5.75 Å². The average molecular weight is 443 g/mol. The van der Waals surface area contributed by atoms with E-state index in [9.17, 15) is 14.4 Å². The molecule has 3 aromatic carbocycles. The van der Waals surface area contributed by atoms with Crippen molar-refractivity contribution in [3.05, 3.63) is 99.5 Å². The van der Waals surface area contributed by atoms with Crippen LogP contribution in [0.5, 0.6) is 5.75 Å². The van der Waals surface area contributed by atoms with E-state index in [1.165, 1.54) is 12.1 Å². The average Bonchev–Trinajstić information content (AvgIpc) is 2.78. The predicted octanol–water partition coefficient (Wildman–Crippen LogP) is 5.03. The Bertz CT molecular complexity index is 1060. The van der Waals surface area contributed by atoms with Crippen LogP contribution in [0.3, 0.4) is 0 Å². The summed E-state index contributed by atoms with van der Waals surface area (Å²) in [6.07, 6.45) is 0. The smallest absolute Gasteiger partial charge is 0.344 e. The molecule has 5 nitrogen and oxygen atoms in total. The summed E-state index contributed by atoms with van der Waals surface area (Å²) in [5, 5.41) is 0.577. The Hall–Kier alpha value is -3.15. The first-order valence-electron chi connectivity index (χ1n) is 8.90. The highest BCUT2D eigenvalue weighted by molar-refractivity contribution is 6.36. The second kappa shape index (κ2) is 10.1. The molecule has 0 unspecified atom stereocenters. The zero-order valence-electron chi connectivity index (χ0n) is 15.6. The third-order valence-corrected chi connectivity index (χ3v) is 4.67. The van der Waals surface area contributed by atoms with Crippen molar-refractivity contribution in [2.45, 2.75) is 0 Å². The molecule has 0 heterocycles. The van der Waals surface area contributed by atoms with Crippen molar-refractivity contribution < 1.29 is 23.9 Å². The Morgan fingerprint density at radius 3 is 2.13 bits per heavy atom. The molecule has 0 aromatic heterocycles. The summed E-state index contributed by atoms with van der Waals surface area (Å²) >= 11 is 11.8. The molecule has 30 heavy (non-hydrogen) atoms. The van der Waals surface area contributed by atoms with E-state index in [1.54, 1.807) is 54.6 Å². The minimum atomic E-state index is -0.717. The van der Waals surface area contributed by atoms with E-state index < -0.39 is 18.4 Å². The third-order valence-electron chi connectivity index (χ3n) is 4.10. The molecule has 0 amide bonds. The number of Topliss-reactive ketones (excluding diaryl/α,β-unsaturated/α-hetero) is 1. The predicted molar refractivity (Wildman–Crippen MR) is 114 cm³/mol. The molecule has 0 N–H and O–H groups in total. The Labute approximate surface area is 183 Å². The Kier molecular flexibility index (Phi) is 7.22. The lowest BCUT2D eigenvalue weighted by atomic mass is 10.0. The van der Waals surface area contributed by atoms with E-state index in [-0.39, 0.29) is 23.0 Å². The first-order chi connectivity index (χ1) is 14.4. The molecule has 0 aliphatic carbocycles. The molecule has 0 fully saturated rings. The van der Waals surface area contributed by atoms with Gasteiger partial charge in [-0.15, -0.1) is 0 Å². The lowest BCUT2D eigenvalue weighted by Gasteiger charge is -2.08. The van der Waals surface area contributed by atoms with E-state index in [4.69, 9.17) is 32.7 Å². The molecule has 7 heteroatoms. The van der Waals surface area contributed by atoms with Gasteiger partial charge in [0.2, 0.25) is 5.78 Å². The van der Waals surface area contributed by atoms with Gasteiger partial charge in [-0.3, -0.25) is 9.59 Å². The normalized spacial score (nSPS) is 10.3. The molecule has 0 bridgehead atoms. The molecule has 0 aliphatic rings. The minimum Gasteiger partial charge on any atom is -0.482 e. The summed E-state index contributed by atoms with van der Waals surface area (Å²) in [5.74, 6) is -0.911. The van der Waals surface area contributed by atoms with Gasteiger partial charge in [-0.25, -0.2) is 4.79 Å². The Morgan fingerprint density at radius 1 is 0.767 bits per heavy atom. The van der Waals surface area contributed by atoms with Crippen LogP contribution in [0.1, 0.15) is 26.3 Å². The number of halogens is 2. The van der Waals surface area contributed by atoms with Crippen LogP contribution in [0, 0.1) is 0 Å². The maximum absolute atomic E-state index is 12.4. The SMILES string of the molecule is O=C(COc1ccc(C(=O)c2ccccc2)cc1)OCC(=O)c1cc(Cl)ccc1Cl. The summed E-state index contributed by atoms with van der Waals surface area (Å²) in [5.41, 5.74) is 1.26. The second-order valence-corrected chi connectivity index (χ2v) is 7.06. The fraction of sp³-hybridized carbons (Fsp3) is 0.0870. The first kappa shape index (κ1) is 21.6. The van der Waals surface area contributed by atoms with Crippen LogP contribution in [0.25, 0.3) is 0 Å². The molecule has 0 atom stereocenters. The highest BCUT2D eigenvalue weighted by Crippen LogP contribution is 2.21. The quantitative estimate of drug-likeness (QED) is 0.361. The summed E-state index contributed by atoms with van der Waals surface area (Å²) in [7, 11) is 0. The number of carbonyl (C=O) groups is 3. The van der Waals surface area contributed by atoms with E-state index >= 15 is 0 Å². The molecule has 3 aromatic rings. The van der Waals surface area contributed by atoms with Crippen molar-refractivity contribution in [2.75, 3.05) is 13.2 Å². The maximum atomic E-state index is 12.4. The van der Waals surface area contributed by atoms with Gasteiger partial charge >= 0.3 is 5.97 Å². The third kappa shape index (κ3) is 5.69. The number of esters is 1. The van der Waals surface area contributed by atoms with Crippen LogP contribution >= 0.6 is 23.2 Å². The van der Waals surface area contributed by atoms with Gasteiger partial charge in [0, 0.05) is 21.7 Å². The number of benzene rings is 3. The van der Waals surface area contributed by atoms with Crippen molar-refractivity contribution in [3.63, 3.8) is 0 Å². The van der Waals surface area contributed by atoms with Crippen LogP contribution in [0.4, 0.5) is 0 Å². The summed E-state index contributed by atoms with van der Waals surface area (Å²) in [6.45, 7) is -0.866. The van der Waals surface area contributed by atoms with Gasteiger partial charge in [-0.1, -0.05) is 53.5 Å². The van der Waals surface area contributed by atoms with Crippen LogP contribution in [-0.2, 0) is 9.53 Å². The van der Waals surface area contributed by atoms with Gasteiger partial charge in [0.1, 0.15) is 5.75 Å². The summed E-state index contributed by atoms with van der Waals surface area (Å²) in [4.78, 5) is 36.3. The lowest BCUT2D eigenvalue weighted by Crippen LogP contribution is -2.19. The number of ketones is 2. The standard InChI is InChI=1S/C23H16Cl2O5/c24-17-8-11-20(25)19(12-17)21(26)13-30-22(27)14-29-18-9-6-16(7-10-18)23(28)15-4-2-1-3-5-15/h1-12H,13-14H2. The molecule has 0 saturated carbocycles. The van der Waals surface area contributed by atoms with E-state index in [0.717, 1.165) is 0 Å². The largest absolute Gasteiger partial charge is 0.482 e. The molecular formula is C23H16Cl2O5. The second-order valence-electron chi connectivity index (χ2n) is 6.22. The van der Waals surface area contributed by atoms with Gasteiger partial charge in [-0.05, 0) is 42.5 Å². The zero-order chi connectivity index (χ0) is 21.5. The first-order valence-corrected chi connectivity index (χ1v) is 9.66. The monoisotopic (exact) mass is 442 g/mol. The van der Waals surface area contributed by atoms with Gasteiger partial charge < -0.3 is 9.47 Å². The highest BCUT2D eigenvalue weighted by Gasteiger charge is 2.14. The molecule has 0 radical (unpaired) electrons. The van der Waals surface area contributed by atoms with E-state index in [2.05, 4.69) is 0 Å². The van der Waals surface area contributed by atoms with Crippen molar-refractivity contribution in [1.29, 1.82) is 0 Å². The van der Waals surface area contributed by atoms with Crippen molar-refractivity contribution in [2.24, 2.45) is 0 Å². The topological polar surface area (TPSA) is 69.7 Å². The molecule has 3 rings (SSSR count). The fourth-order valence-corrected chi connectivity index (χ4v) is 2.97. The molecule has 0 saturated heterocycles. The summed E-state index contributed by atoms with van der Waals surface area (Å²) < 4.78 is 10.3. The minimum absolute atomic E-state index is 0.111. The number of hydrogen-bond acceptors (Lipinski definition) is 5. The zero-order valence-corrected chi connectivity index (χ0v) is 17.2. The van der Waals surface area contributed by atoms with Crippen LogP contribution in [0.2, 0.25) is 10.0 Å². The van der Waals surface area contributed by atoms with Gasteiger partial charge in [0.05, 0.1) is 5.02 Å². The molecule has 0 aliphatic heterocycles. The maximum Gasteiger partial charge on any atom is 0.344 e. The van der Waals surface area contributed by atoms with Gasteiger partial charge in [-0.2, -0.15) is 0 Å². The highest BCUT2D eigenvalue weighted by atomic mass is 35.5. The number of hydrogen-bond donors (Lipinski definition) is 0. The number of rotatable bonds is 8. The molecular weight excluding hydrogens is 427 g/mol. The van der Waals surface area contributed by atoms with Crippen molar-refractivity contribution >= 4 is 40.7 Å². The van der Waals surface area contributed by atoms with Crippen LogP contribution < -0.4 is 4.74 Å². The van der Waals surface area contributed by atoms with Gasteiger partial charge in [0.15, 0.2) is 19.0 Å². The van der Waals surface area contributed by atoms with E-state index in [1.807, 2.05) is 6.07 Å². The van der Waals surface area contributed by atoms with E-state index in [0.29, 0.717) is 21.9 Å². The van der Waals surface area contributed by atoms with Crippen LogP contribution in [0.15, 0.2) is 72.8 Å². The molecule has 152 valence electrons. The van der Waals surface area contributed by atoms with Crippen LogP contribution in [-0.4, -0.2) is 30.7 Å². The Morgan fingerprint density at radius 2 is 1.43 bits per heavy atom. The fourth-order valence-electron chi connectivity index (χ4n) is 2.58. The number of carbonyl (C=O) groups excluding carboxylic acids is 3. The summed E-state index contributed by atoms with van der Waals surface area (Å²) in [6, 6.07) is 19.7. The Balaban J connectivity index is 1.49. The van der Waals surface area contributed by atoms with Gasteiger partial charge in [0.25, 0.3) is 0 Å². The van der Waals surface area contributed by atoms with Crippen molar-refractivity contribution in [1.82, 2.24) is 0 Å². The lowest BCUT2D eigenvalue weighted by molar-refractivity contribution is -0.144. The number of ether oxygens (including phenoxy) is 2.